The Morgan fingerprint density at radius 2 is 1.69 bits per heavy atom. The molecule has 2 bridgehead atoms. The predicted octanol–water partition coefficient (Wildman–Crippen LogP) is 5.02. The molecule has 0 N–H and O–H groups in total. The number of rotatable bonds is 5. The standard InChI is InChI=1S/C29H45N3O3/c1-29(2,3)35-28(33)32-14-13-31-19-25(11-12-26(31)20-32)21-34-27-6-4-5-24(15-27)18-30-16-22-7-8-23(17-30)10-9-22/h4-6,15,22-23,25-26H,7-14,16-21H2,1-3H3. The van der Waals surface area contributed by atoms with Gasteiger partial charge in [0.15, 0.2) is 0 Å². The van der Waals surface area contributed by atoms with Crippen LogP contribution in [0.5, 0.6) is 5.75 Å². The van der Waals surface area contributed by atoms with Gasteiger partial charge in [0, 0.05) is 57.8 Å². The molecule has 6 rings (SSSR count). The third kappa shape index (κ3) is 6.71. The topological polar surface area (TPSA) is 45.3 Å². The lowest BCUT2D eigenvalue weighted by Gasteiger charge is -2.46. The molecule has 1 aliphatic carbocycles. The van der Waals surface area contributed by atoms with Crippen LogP contribution < -0.4 is 4.74 Å². The Morgan fingerprint density at radius 3 is 2.40 bits per heavy atom. The summed E-state index contributed by atoms with van der Waals surface area (Å²) in [6, 6.07) is 9.23. The molecule has 6 heteroatoms. The first kappa shape index (κ1) is 24.9. The maximum atomic E-state index is 12.5. The zero-order chi connectivity index (χ0) is 24.4. The van der Waals surface area contributed by atoms with Crippen molar-refractivity contribution in [3.63, 3.8) is 0 Å². The van der Waals surface area contributed by atoms with Crippen LogP contribution in [0.1, 0.15) is 64.9 Å². The largest absolute Gasteiger partial charge is 0.493 e. The lowest BCUT2D eigenvalue weighted by molar-refractivity contribution is -0.0122. The average molecular weight is 484 g/mol. The Hall–Kier alpha value is -1.79. The molecular formula is C29H45N3O3. The van der Waals surface area contributed by atoms with Gasteiger partial charge in [-0.3, -0.25) is 9.80 Å². The number of carbonyl (C=O) groups is 1. The fourth-order valence-electron chi connectivity index (χ4n) is 6.62. The normalized spacial score (nSPS) is 30.0. The van der Waals surface area contributed by atoms with Crippen LogP contribution in [0, 0.1) is 17.8 Å². The van der Waals surface area contributed by atoms with Crippen molar-refractivity contribution in [3.8, 4) is 5.75 Å². The Kier molecular flexibility index (Phi) is 7.59. The molecule has 6 nitrogen and oxygen atoms in total. The van der Waals surface area contributed by atoms with Crippen molar-refractivity contribution in [3.05, 3.63) is 29.8 Å². The number of carbonyl (C=O) groups excluding carboxylic acids is 1. The van der Waals surface area contributed by atoms with Crippen LogP contribution in [0.3, 0.4) is 0 Å². The van der Waals surface area contributed by atoms with Crippen molar-refractivity contribution in [2.45, 2.75) is 77.5 Å². The fraction of sp³-hybridized carbons (Fsp3) is 0.759. The molecule has 5 fully saturated rings. The SMILES string of the molecule is CC(C)(C)OC(=O)N1CCN2CC(COc3cccc(CN4CC5CCC(CC5)C4)c3)CCC2C1. The second-order valence-corrected chi connectivity index (χ2v) is 12.6. The molecule has 1 saturated carbocycles. The zero-order valence-electron chi connectivity index (χ0n) is 22.1. The Bertz CT molecular complexity index is 847. The first-order valence-electron chi connectivity index (χ1n) is 14.0. The highest BCUT2D eigenvalue weighted by atomic mass is 16.6. The summed E-state index contributed by atoms with van der Waals surface area (Å²) >= 11 is 0. The maximum Gasteiger partial charge on any atom is 0.410 e. The average Bonchev–Trinajstić information content (AvgIpc) is 3.14. The molecule has 4 saturated heterocycles. The van der Waals surface area contributed by atoms with Gasteiger partial charge in [0.2, 0.25) is 0 Å². The molecule has 194 valence electrons. The molecule has 5 aliphatic rings. The first-order chi connectivity index (χ1) is 16.8. The van der Waals surface area contributed by atoms with Crippen LogP contribution in [0.15, 0.2) is 24.3 Å². The molecule has 4 heterocycles. The summed E-state index contributed by atoms with van der Waals surface area (Å²) < 4.78 is 11.9. The summed E-state index contributed by atoms with van der Waals surface area (Å²) in [5.41, 5.74) is 0.943. The van der Waals surface area contributed by atoms with Crippen molar-refractivity contribution in [2.75, 3.05) is 45.9 Å². The molecule has 1 aromatic rings. The monoisotopic (exact) mass is 483 g/mol. The maximum absolute atomic E-state index is 12.5. The molecule has 2 unspecified atom stereocenters. The molecule has 1 aromatic carbocycles. The number of ether oxygens (including phenoxy) is 2. The third-order valence-electron chi connectivity index (χ3n) is 8.45. The molecule has 0 aromatic heterocycles. The quantitative estimate of drug-likeness (QED) is 0.589. The molecular weight excluding hydrogens is 438 g/mol. The Labute approximate surface area is 211 Å². The number of hydrogen-bond acceptors (Lipinski definition) is 5. The number of fused-ring (bicyclic) bond motifs is 5. The highest BCUT2D eigenvalue weighted by Crippen LogP contribution is 2.34. The first-order valence-corrected chi connectivity index (χ1v) is 14.0. The predicted molar refractivity (Wildman–Crippen MR) is 139 cm³/mol. The van der Waals surface area contributed by atoms with Gasteiger partial charge >= 0.3 is 6.09 Å². The molecule has 4 aliphatic heterocycles. The minimum Gasteiger partial charge on any atom is -0.493 e. The third-order valence-corrected chi connectivity index (χ3v) is 8.45. The van der Waals surface area contributed by atoms with E-state index in [1.807, 2.05) is 25.7 Å². The van der Waals surface area contributed by atoms with Crippen molar-refractivity contribution in [1.29, 1.82) is 0 Å². The van der Waals surface area contributed by atoms with Crippen molar-refractivity contribution < 1.29 is 14.3 Å². The second kappa shape index (κ2) is 10.7. The van der Waals surface area contributed by atoms with E-state index in [9.17, 15) is 4.79 Å². The fourth-order valence-corrected chi connectivity index (χ4v) is 6.62. The molecule has 0 radical (unpaired) electrons. The van der Waals surface area contributed by atoms with Gasteiger partial charge in [0.05, 0.1) is 6.61 Å². The van der Waals surface area contributed by atoms with Crippen molar-refractivity contribution in [1.82, 2.24) is 14.7 Å². The summed E-state index contributed by atoms with van der Waals surface area (Å²) in [4.78, 5) is 19.6. The zero-order valence-corrected chi connectivity index (χ0v) is 22.1. The van der Waals surface area contributed by atoms with Crippen molar-refractivity contribution in [2.24, 2.45) is 17.8 Å². The molecule has 1 amide bonds. The number of benzene rings is 1. The van der Waals surface area contributed by atoms with E-state index in [0.717, 1.165) is 69.8 Å². The number of nitrogens with zero attached hydrogens (tertiary/aromatic N) is 3. The van der Waals surface area contributed by atoms with Gasteiger partial charge in [-0.05, 0) is 88.8 Å². The molecule has 2 atom stereocenters. The van der Waals surface area contributed by atoms with Gasteiger partial charge in [0.1, 0.15) is 11.4 Å². The van der Waals surface area contributed by atoms with Gasteiger partial charge in [0.25, 0.3) is 0 Å². The van der Waals surface area contributed by atoms with E-state index in [-0.39, 0.29) is 6.09 Å². The van der Waals surface area contributed by atoms with E-state index >= 15 is 0 Å². The van der Waals surface area contributed by atoms with Crippen LogP contribution in [0.4, 0.5) is 4.79 Å². The number of amides is 1. The van der Waals surface area contributed by atoms with E-state index in [1.165, 1.54) is 44.3 Å². The van der Waals surface area contributed by atoms with E-state index < -0.39 is 5.60 Å². The van der Waals surface area contributed by atoms with Gasteiger partial charge in [-0.25, -0.2) is 4.79 Å². The van der Waals surface area contributed by atoms with Crippen molar-refractivity contribution >= 4 is 6.09 Å². The number of piperazine rings is 1. The highest BCUT2D eigenvalue weighted by Gasteiger charge is 2.36. The lowest BCUT2D eigenvalue weighted by atomic mass is 9.84. The van der Waals surface area contributed by atoms with Gasteiger partial charge in [-0.2, -0.15) is 0 Å². The van der Waals surface area contributed by atoms with E-state index in [1.54, 1.807) is 0 Å². The minimum atomic E-state index is -0.437. The van der Waals surface area contributed by atoms with Crippen LogP contribution >= 0.6 is 0 Å². The summed E-state index contributed by atoms with van der Waals surface area (Å²) in [5.74, 6) is 3.38. The second-order valence-electron chi connectivity index (χ2n) is 12.6. The summed E-state index contributed by atoms with van der Waals surface area (Å²) in [7, 11) is 0. The smallest absolute Gasteiger partial charge is 0.410 e. The molecule has 35 heavy (non-hydrogen) atoms. The van der Waals surface area contributed by atoms with Crippen LogP contribution in [0.25, 0.3) is 0 Å². The van der Waals surface area contributed by atoms with Gasteiger partial charge < -0.3 is 14.4 Å². The summed E-state index contributed by atoms with van der Waals surface area (Å²) in [5, 5.41) is 0. The number of piperidine rings is 1. The Morgan fingerprint density at radius 1 is 0.943 bits per heavy atom. The van der Waals surface area contributed by atoms with E-state index in [2.05, 4.69) is 34.1 Å². The van der Waals surface area contributed by atoms with Crippen LogP contribution in [-0.4, -0.2) is 78.3 Å². The van der Waals surface area contributed by atoms with Crippen LogP contribution in [0.2, 0.25) is 0 Å². The van der Waals surface area contributed by atoms with Crippen LogP contribution in [-0.2, 0) is 11.3 Å². The van der Waals surface area contributed by atoms with E-state index in [0.29, 0.717) is 12.0 Å². The van der Waals surface area contributed by atoms with Gasteiger partial charge in [-0.1, -0.05) is 12.1 Å². The summed E-state index contributed by atoms with van der Waals surface area (Å²) in [6.07, 6.45) is 7.83. The Balaban J connectivity index is 1.08. The minimum absolute atomic E-state index is 0.171. The van der Waals surface area contributed by atoms with E-state index in [4.69, 9.17) is 9.47 Å². The highest BCUT2D eigenvalue weighted by molar-refractivity contribution is 5.68. The number of hydrogen-bond donors (Lipinski definition) is 0. The molecule has 0 spiro atoms. The van der Waals surface area contributed by atoms with Gasteiger partial charge in [-0.15, -0.1) is 0 Å². The summed E-state index contributed by atoms with van der Waals surface area (Å²) in [6.45, 7) is 13.7. The lowest BCUT2D eigenvalue weighted by Crippen LogP contribution is -2.58.